The molecule has 5 heteroatoms. The van der Waals surface area contributed by atoms with Gasteiger partial charge in [0, 0.05) is 36.3 Å². The Balaban J connectivity index is 1.73. The molecule has 156 valence electrons. The first-order chi connectivity index (χ1) is 13.9. The molecule has 0 N–H and O–H groups in total. The second-order valence-corrected chi connectivity index (χ2v) is 9.45. The van der Waals surface area contributed by atoms with Gasteiger partial charge in [0.15, 0.2) is 0 Å². The summed E-state index contributed by atoms with van der Waals surface area (Å²) in [6.07, 6.45) is 5.05. The van der Waals surface area contributed by atoms with Crippen molar-refractivity contribution in [1.82, 2.24) is 14.8 Å². The molecule has 0 spiro atoms. The zero-order valence-electron chi connectivity index (χ0n) is 17.8. The summed E-state index contributed by atoms with van der Waals surface area (Å²) in [6.45, 7) is 10.4. The molecule has 1 aliphatic heterocycles. The number of carbonyl (C=O) groups excluding carboxylic acids is 1. The van der Waals surface area contributed by atoms with Crippen molar-refractivity contribution in [1.29, 1.82) is 0 Å². The Labute approximate surface area is 183 Å². The normalized spacial score (nSPS) is 15.6. The third-order valence-electron chi connectivity index (χ3n) is 5.68. The third-order valence-corrected chi connectivity index (χ3v) is 6.21. The number of aryl methyl sites for hydroxylation is 1. The third kappa shape index (κ3) is 6.38. The van der Waals surface area contributed by atoms with Crippen LogP contribution in [0.4, 0.5) is 0 Å². The number of aromatic nitrogens is 1. The average molecular weight is 458 g/mol. The molecule has 1 saturated heterocycles. The molecule has 2 heterocycles. The van der Waals surface area contributed by atoms with Gasteiger partial charge in [0.25, 0.3) is 5.91 Å². The Kier molecular flexibility index (Phi) is 7.84. The van der Waals surface area contributed by atoms with Gasteiger partial charge in [-0.1, -0.05) is 48.0 Å². The highest BCUT2D eigenvalue weighted by atomic mass is 79.9. The predicted octanol–water partition coefficient (Wildman–Crippen LogP) is 5.31. The van der Waals surface area contributed by atoms with Gasteiger partial charge < -0.3 is 9.80 Å². The van der Waals surface area contributed by atoms with Crippen LogP contribution in [0.15, 0.2) is 47.1 Å². The lowest BCUT2D eigenvalue weighted by molar-refractivity contribution is 0.0540. The van der Waals surface area contributed by atoms with Crippen molar-refractivity contribution in [3.05, 3.63) is 63.9 Å². The highest BCUT2D eigenvalue weighted by Crippen LogP contribution is 2.22. The van der Waals surface area contributed by atoms with Crippen LogP contribution in [0.3, 0.4) is 0 Å². The number of halogens is 1. The molecule has 3 rings (SSSR count). The molecular formula is C24H32BrN3O. The number of carbonyl (C=O) groups is 1. The number of hydrogen-bond acceptors (Lipinski definition) is 3. The highest BCUT2D eigenvalue weighted by Gasteiger charge is 2.29. The summed E-state index contributed by atoms with van der Waals surface area (Å²) in [4.78, 5) is 22.4. The Bertz CT molecular complexity index is 781. The summed E-state index contributed by atoms with van der Waals surface area (Å²) in [5, 5.41) is 0. The maximum atomic E-state index is 13.4. The summed E-state index contributed by atoms with van der Waals surface area (Å²) in [6, 6.07) is 12.3. The minimum absolute atomic E-state index is 0.0357. The van der Waals surface area contributed by atoms with Crippen LogP contribution in [0.5, 0.6) is 0 Å². The zero-order valence-corrected chi connectivity index (χ0v) is 19.4. The summed E-state index contributed by atoms with van der Waals surface area (Å²) >= 11 is 3.50. The first kappa shape index (κ1) is 22.0. The van der Waals surface area contributed by atoms with Gasteiger partial charge in [0.1, 0.15) is 5.69 Å². The van der Waals surface area contributed by atoms with Crippen molar-refractivity contribution >= 4 is 21.8 Å². The summed E-state index contributed by atoms with van der Waals surface area (Å²) in [7, 11) is 0. The van der Waals surface area contributed by atoms with E-state index in [0.717, 1.165) is 54.0 Å². The van der Waals surface area contributed by atoms with Crippen molar-refractivity contribution in [3.8, 4) is 0 Å². The van der Waals surface area contributed by atoms with E-state index in [1.807, 2.05) is 36.1 Å². The van der Waals surface area contributed by atoms with Crippen LogP contribution in [-0.4, -0.2) is 46.4 Å². The fraction of sp³-hybridized carbons (Fsp3) is 0.500. The molecule has 0 bridgehead atoms. The molecule has 0 aliphatic carbocycles. The topological polar surface area (TPSA) is 36.4 Å². The van der Waals surface area contributed by atoms with Crippen LogP contribution in [0.2, 0.25) is 0 Å². The first-order valence-corrected chi connectivity index (χ1v) is 11.4. The molecule has 0 radical (unpaired) electrons. The predicted molar refractivity (Wildman–Crippen MR) is 122 cm³/mol. The van der Waals surface area contributed by atoms with Crippen molar-refractivity contribution in [2.75, 3.05) is 19.6 Å². The second-order valence-electron chi connectivity index (χ2n) is 8.54. The number of benzene rings is 1. The van der Waals surface area contributed by atoms with Gasteiger partial charge in [0.2, 0.25) is 0 Å². The lowest BCUT2D eigenvalue weighted by Gasteiger charge is -2.38. The highest BCUT2D eigenvalue weighted by molar-refractivity contribution is 9.10. The maximum absolute atomic E-state index is 13.4. The lowest BCUT2D eigenvalue weighted by atomic mass is 10.0. The Hall–Kier alpha value is -1.72. The van der Waals surface area contributed by atoms with Gasteiger partial charge in [-0.15, -0.1) is 0 Å². The Morgan fingerprint density at radius 2 is 1.86 bits per heavy atom. The molecule has 4 nitrogen and oxygen atoms in total. The molecule has 2 aromatic rings. The number of amides is 1. The molecule has 0 saturated carbocycles. The lowest BCUT2D eigenvalue weighted by Crippen LogP contribution is -2.47. The molecule has 1 fully saturated rings. The summed E-state index contributed by atoms with van der Waals surface area (Å²) in [5.41, 5.74) is 2.75. The molecular weight excluding hydrogens is 426 g/mol. The van der Waals surface area contributed by atoms with E-state index in [1.54, 1.807) is 6.20 Å². The molecule has 1 aromatic carbocycles. The number of likely N-dealkylation sites (tertiary alicyclic amines) is 1. The SMILES string of the molecule is Cc1ccc(C(=O)N(Cc2ccc(Br)cc2)C2CCN(CCC(C)C)CC2)nc1. The quantitative estimate of drug-likeness (QED) is 0.565. The summed E-state index contributed by atoms with van der Waals surface area (Å²) < 4.78 is 1.05. The van der Waals surface area contributed by atoms with E-state index in [1.165, 1.54) is 6.42 Å². The van der Waals surface area contributed by atoms with Gasteiger partial charge in [-0.05, 0) is 68.0 Å². The maximum Gasteiger partial charge on any atom is 0.272 e. The molecule has 1 aliphatic rings. The van der Waals surface area contributed by atoms with Crippen LogP contribution in [0.25, 0.3) is 0 Å². The van der Waals surface area contributed by atoms with Crippen LogP contribution < -0.4 is 0 Å². The number of nitrogens with zero attached hydrogens (tertiary/aromatic N) is 3. The fourth-order valence-corrected chi connectivity index (χ4v) is 4.05. The molecule has 0 unspecified atom stereocenters. The van der Waals surface area contributed by atoms with E-state index < -0.39 is 0 Å². The second kappa shape index (κ2) is 10.4. The minimum atomic E-state index is 0.0357. The first-order valence-electron chi connectivity index (χ1n) is 10.6. The van der Waals surface area contributed by atoms with Gasteiger partial charge in [-0.25, -0.2) is 0 Å². The average Bonchev–Trinajstić information content (AvgIpc) is 2.72. The van der Waals surface area contributed by atoms with Crippen LogP contribution in [0, 0.1) is 12.8 Å². The van der Waals surface area contributed by atoms with E-state index in [9.17, 15) is 4.79 Å². The Morgan fingerprint density at radius 3 is 2.45 bits per heavy atom. The molecule has 1 aromatic heterocycles. The Morgan fingerprint density at radius 1 is 1.17 bits per heavy atom. The van der Waals surface area contributed by atoms with Gasteiger partial charge in [-0.3, -0.25) is 9.78 Å². The van der Waals surface area contributed by atoms with Gasteiger partial charge >= 0.3 is 0 Å². The van der Waals surface area contributed by atoms with Crippen LogP contribution in [0.1, 0.15) is 54.7 Å². The number of pyridine rings is 1. The van der Waals surface area contributed by atoms with Crippen molar-refractivity contribution in [2.24, 2.45) is 5.92 Å². The summed E-state index contributed by atoms with van der Waals surface area (Å²) in [5.74, 6) is 0.768. The zero-order chi connectivity index (χ0) is 20.8. The van der Waals surface area contributed by atoms with Gasteiger partial charge in [-0.2, -0.15) is 0 Å². The van der Waals surface area contributed by atoms with E-state index in [-0.39, 0.29) is 11.9 Å². The largest absolute Gasteiger partial charge is 0.330 e. The van der Waals surface area contributed by atoms with Crippen LogP contribution >= 0.6 is 15.9 Å². The number of hydrogen-bond donors (Lipinski definition) is 0. The molecule has 0 atom stereocenters. The van der Waals surface area contributed by atoms with E-state index in [0.29, 0.717) is 12.2 Å². The van der Waals surface area contributed by atoms with Crippen LogP contribution in [-0.2, 0) is 6.54 Å². The van der Waals surface area contributed by atoms with E-state index in [2.05, 4.69) is 51.8 Å². The number of rotatable bonds is 7. The standard InChI is InChI=1S/C24H32BrN3O/c1-18(2)10-13-27-14-11-22(12-15-27)28(17-20-5-7-21(25)8-6-20)24(29)23-9-4-19(3)16-26-23/h4-9,16,18,22H,10-15,17H2,1-3H3. The molecule has 1 amide bonds. The van der Waals surface area contributed by atoms with Crippen molar-refractivity contribution in [3.63, 3.8) is 0 Å². The minimum Gasteiger partial charge on any atom is -0.330 e. The fourth-order valence-electron chi connectivity index (χ4n) is 3.79. The van der Waals surface area contributed by atoms with Crippen molar-refractivity contribution in [2.45, 2.75) is 52.6 Å². The smallest absolute Gasteiger partial charge is 0.272 e. The van der Waals surface area contributed by atoms with E-state index in [4.69, 9.17) is 0 Å². The molecule has 29 heavy (non-hydrogen) atoms. The monoisotopic (exact) mass is 457 g/mol. The van der Waals surface area contributed by atoms with Crippen molar-refractivity contribution < 1.29 is 4.79 Å². The number of piperidine rings is 1. The van der Waals surface area contributed by atoms with Gasteiger partial charge in [0.05, 0.1) is 0 Å². The van der Waals surface area contributed by atoms with E-state index >= 15 is 0 Å².